The Morgan fingerprint density at radius 1 is 1.23 bits per heavy atom. The van der Waals surface area contributed by atoms with Crippen molar-refractivity contribution in [2.24, 2.45) is 5.16 Å². The van der Waals surface area contributed by atoms with Gasteiger partial charge in [-0.05, 0) is 23.8 Å². The number of nitrogens with zero attached hydrogens (tertiary/aromatic N) is 1. The highest BCUT2D eigenvalue weighted by molar-refractivity contribution is 6.34. The third kappa shape index (κ3) is 3.64. The van der Waals surface area contributed by atoms with Crippen LogP contribution in [0, 0.1) is 5.82 Å². The Kier molecular flexibility index (Phi) is 4.71. The maximum Gasteiger partial charge on any atom is 0.145 e. The number of hydrogen-bond donors (Lipinski definition) is 1. The van der Waals surface area contributed by atoms with Crippen LogP contribution in [0.3, 0.4) is 0 Å². The molecule has 2 aromatic rings. The number of hydrogen-bond acceptors (Lipinski definition) is 3. The molecule has 0 aliphatic carbocycles. The Labute approximate surface area is 133 Å². The molecule has 0 saturated carbocycles. The van der Waals surface area contributed by atoms with Crippen molar-refractivity contribution in [1.29, 1.82) is 0 Å². The molecule has 22 heavy (non-hydrogen) atoms. The molecular weight excluding hydrogens is 303 g/mol. The summed E-state index contributed by atoms with van der Waals surface area (Å²) in [4.78, 5) is 5.43. The lowest BCUT2D eigenvalue weighted by Crippen LogP contribution is -2.26. The molecular formula is C17H16ClFN2O. The average Bonchev–Trinajstić information content (AvgIpc) is 2.96. The first-order valence-corrected chi connectivity index (χ1v) is 7.53. The van der Waals surface area contributed by atoms with Gasteiger partial charge in [-0.25, -0.2) is 4.39 Å². The van der Waals surface area contributed by atoms with Gasteiger partial charge >= 0.3 is 0 Å². The van der Waals surface area contributed by atoms with Crippen LogP contribution in [0.5, 0.6) is 0 Å². The maximum absolute atomic E-state index is 13.1. The predicted molar refractivity (Wildman–Crippen MR) is 85.6 cm³/mol. The van der Waals surface area contributed by atoms with E-state index in [1.54, 1.807) is 6.07 Å². The van der Waals surface area contributed by atoms with E-state index in [9.17, 15) is 4.39 Å². The molecule has 1 aliphatic heterocycles. The fourth-order valence-electron chi connectivity index (χ4n) is 2.42. The average molecular weight is 319 g/mol. The Bertz CT molecular complexity index is 690. The van der Waals surface area contributed by atoms with E-state index < -0.39 is 0 Å². The van der Waals surface area contributed by atoms with Crippen LogP contribution in [0.15, 0.2) is 53.7 Å². The van der Waals surface area contributed by atoms with E-state index in [0.717, 1.165) is 16.8 Å². The van der Waals surface area contributed by atoms with Gasteiger partial charge in [-0.3, -0.25) is 0 Å². The Balaban J connectivity index is 1.50. The van der Waals surface area contributed by atoms with Crippen LogP contribution in [0.2, 0.25) is 5.02 Å². The quantitative estimate of drug-likeness (QED) is 0.910. The van der Waals surface area contributed by atoms with Gasteiger partial charge in [0.1, 0.15) is 11.9 Å². The van der Waals surface area contributed by atoms with Crippen LogP contribution in [0.25, 0.3) is 0 Å². The van der Waals surface area contributed by atoms with Crippen molar-refractivity contribution in [2.75, 3.05) is 6.54 Å². The minimum atomic E-state index is -0.222. The molecule has 1 aliphatic rings. The van der Waals surface area contributed by atoms with Crippen LogP contribution < -0.4 is 5.32 Å². The van der Waals surface area contributed by atoms with Crippen molar-refractivity contribution in [3.05, 3.63) is 70.5 Å². The Morgan fingerprint density at radius 2 is 2.09 bits per heavy atom. The second-order valence-corrected chi connectivity index (χ2v) is 5.62. The summed E-state index contributed by atoms with van der Waals surface area (Å²) in [7, 11) is 0. The van der Waals surface area contributed by atoms with E-state index in [1.807, 2.05) is 30.3 Å². The highest BCUT2D eigenvalue weighted by Crippen LogP contribution is 2.22. The van der Waals surface area contributed by atoms with Crippen molar-refractivity contribution < 1.29 is 9.23 Å². The molecule has 0 aromatic heterocycles. The van der Waals surface area contributed by atoms with Gasteiger partial charge in [0.05, 0.1) is 5.71 Å². The third-order valence-corrected chi connectivity index (χ3v) is 3.84. The zero-order valence-corrected chi connectivity index (χ0v) is 12.7. The Hall–Kier alpha value is -1.91. The van der Waals surface area contributed by atoms with Gasteiger partial charge in [-0.1, -0.05) is 47.1 Å². The third-order valence-electron chi connectivity index (χ3n) is 3.51. The predicted octanol–water partition coefficient (Wildman–Crippen LogP) is 3.76. The highest BCUT2D eigenvalue weighted by Gasteiger charge is 2.23. The monoisotopic (exact) mass is 318 g/mol. The van der Waals surface area contributed by atoms with E-state index in [0.29, 0.717) is 24.5 Å². The molecule has 114 valence electrons. The van der Waals surface area contributed by atoms with Crippen LogP contribution in [0.1, 0.15) is 17.5 Å². The molecule has 0 unspecified atom stereocenters. The summed E-state index contributed by atoms with van der Waals surface area (Å²) < 4.78 is 13.1. The molecule has 0 saturated heterocycles. The SMILES string of the molecule is Fc1cccc(CNC[C@H]2CC(c3ccccc3Cl)=NO2)c1. The maximum atomic E-state index is 13.1. The molecule has 2 aromatic carbocycles. The summed E-state index contributed by atoms with van der Waals surface area (Å²) in [5.74, 6) is -0.222. The minimum Gasteiger partial charge on any atom is -0.390 e. The summed E-state index contributed by atoms with van der Waals surface area (Å²) in [6, 6.07) is 14.2. The van der Waals surface area contributed by atoms with Crippen LogP contribution in [0.4, 0.5) is 4.39 Å². The van der Waals surface area contributed by atoms with Gasteiger partial charge in [0, 0.05) is 30.1 Å². The molecule has 0 bridgehead atoms. The molecule has 0 amide bonds. The van der Waals surface area contributed by atoms with Gasteiger partial charge in [0.15, 0.2) is 0 Å². The van der Waals surface area contributed by atoms with E-state index >= 15 is 0 Å². The van der Waals surface area contributed by atoms with Crippen molar-refractivity contribution in [3.8, 4) is 0 Å². The lowest BCUT2D eigenvalue weighted by molar-refractivity contribution is 0.0848. The number of benzene rings is 2. The van der Waals surface area contributed by atoms with Gasteiger partial charge in [0.25, 0.3) is 0 Å². The van der Waals surface area contributed by atoms with Gasteiger partial charge in [0.2, 0.25) is 0 Å². The van der Waals surface area contributed by atoms with Crippen molar-refractivity contribution in [2.45, 2.75) is 19.1 Å². The summed E-state index contributed by atoms with van der Waals surface area (Å²) >= 11 is 6.16. The largest absolute Gasteiger partial charge is 0.390 e. The van der Waals surface area contributed by atoms with Crippen LogP contribution in [-0.2, 0) is 11.4 Å². The van der Waals surface area contributed by atoms with Crippen LogP contribution in [-0.4, -0.2) is 18.4 Å². The number of rotatable bonds is 5. The first kappa shape index (κ1) is 15.0. The molecule has 1 N–H and O–H groups in total. The second kappa shape index (κ2) is 6.90. The second-order valence-electron chi connectivity index (χ2n) is 5.21. The number of nitrogens with one attached hydrogen (secondary N) is 1. The first-order chi connectivity index (χ1) is 10.7. The number of oxime groups is 1. The molecule has 3 rings (SSSR count). The normalized spacial score (nSPS) is 17.2. The molecule has 5 heteroatoms. The van der Waals surface area contributed by atoms with Crippen LogP contribution >= 0.6 is 11.6 Å². The Morgan fingerprint density at radius 3 is 2.91 bits per heavy atom. The molecule has 1 atom stereocenters. The molecule has 0 fully saturated rings. The summed E-state index contributed by atoms with van der Waals surface area (Å²) in [6.45, 7) is 1.24. The van der Waals surface area contributed by atoms with Gasteiger partial charge < -0.3 is 10.2 Å². The lowest BCUT2D eigenvalue weighted by atomic mass is 10.0. The topological polar surface area (TPSA) is 33.6 Å². The van der Waals surface area contributed by atoms with E-state index in [-0.39, 0.29) is 11.9 Å². The zero-order valence-electron chi connectivity index (χ0n) is 11.9. The molecule has 0 radical (unpaired) electrons. The molecule has 3 nitrogen and oxygen atoms in total. The minimum absolute atomic E-state index is 0.0279. The lowest BCUT2D eigenvalue weighted by Gasteiger charge is -2.10. The van der Waals surface area contributed by atoms with E-state index in [2.05, 4.69) is 10.5 Å². The van der Waals surface area contributed by atoms with Crippen molar-refractivity contribution in [3.63, 3.8) is 0 Å². The highest BCUT2D eigenvalue weighted by atomic mass is 35.5. The summed E-state index contributed by atoms with van der Waals surface area (Å²) in [5.41, 5.74) is 2.69. The summed E-state index contributed by atoms with van der Waals surface area (Å²) in [5, 5.41) is 8.06. The smallest absolute Gasteiger partial charge is 0.145 e. The molecule has 0 spiro atoms. The van der Waals surface area contributed by atoms with E-state index in [1.165, 1.54) is 12.1 Å². The number of halogens is 2. The summed E-state index contributed by atoms with van der Waals surface area (Å²) in [6.07, 6.45) is 0.680. The standard InChI is InChI=1S/C17H16ClFN2O/c18-16-7-2-1-6-15(16)17-9-14(22-21-17)11-20-10-12-4-3-5-13(19)8-12/h1-8,14,20H,9-11H2/t14-/m1/s1. The van der Waals surface area contributed by atoms with E-state index in [4.69, 9.17) is 16.4 Å². The van der Waals surface area contributed by atoms with Gasteiger partial charge in [-0.15, -0.1) is 0 Å². The zero-order chi connectivity index (χ0) is 15.4. The van der Waals surface area contributed by atoms with Crippen molar-refractivity contribution >= 4 is 17.3 Å². The van der Waals surface area contributed by atoms with Crippen molar-refractivity contribution in [1.82, 2.24) is 5.32 Å². The molecule has 1 heterocycles. The van der Waals surface area contributed by atoms with Gasteiger partial charge in [-0.2, -0.15) is 0 Å². The fraction of sp³-hybridized carbons (Fsp3) is 0.235. The fourth-order valence-corrected chi connectivity index (χ4v) is 2.66. The first-order valence-electron chi connectivity index (χ1n) is 7.15.